The average molecular weight is 448 g/mol. The van der Waals surface area contributed by atoms with E-state index in [1.165, 1.54) is 0 Å². The number of rotatable bonds is 4. The van der Waals surface area contributed by atoms with Crippen molar-refractivity contribution in [3.05, 3.63) is 102 Å². The SMILES string of the molecule is O=C(CCN1C(=O)c2ccccc2N2C(=O)c3ccccc3[C@H]12)Nc1cccc2ncccc12. The zero-order valence-electron chi connectivity index (χ0n) is 18.1. The number of nitrogens with one attached hydrogen (secondary N) is 1. The van der Waals surface area contributed by atoms with Crippen LogP contribution < -0.4 is 10.2 Å². The number of amides is 3. The highest BCUT2D eigenvalue weighted by Crippen LogP contribution is 2.45. The number of benzene rings is 3. The van der Waals surface area contributed by atoms with Gasteiger partial charge in [-0.1, -0.05) is 36.4 Å². The van der Waals surface area contributed by atoms with E-state index in [1.807, 2.05) is 54.6 Å². The Morgan fingerprint density at radius 1 is 0.853 bits per heavy atom. The van der Waals surface area contributed by atoms with Crippen LogP contribution >= 0.6 is 0 Å². The Hall–Kier alpha value is -4.52. The lowest BCUT2D eigenvalue weighted by atomic mass is 10.0. The summed E-state index contributed by atoms with van der Waals surface area (Å²) >= 11 is 0. The van der Waals surface area contributed by atoms with Crippen molar-refractivity contribution < 1.29 is 14.4 Å². The zero-order chi connectivity index (χ0) is 23.2. The molecule has 2 aliphatic rings. The van der Waals surface area contributed by atoms with E-state index in [9.17, 15) is 14.4 Å². The van der Waals surface area contributed by atoms with E-state index in [2.05, 4.69) is 10.3 Å². The van der Waals surface area contributed by atoms with Crippen LogP contribution in [0.1, 0.15) is 38.9 Å². The van der Waals surface area contributed by atoms with E-state index in [0.717, 1.165) is 16.5 Å². The molecule has 7 nitrogen and oxygen atoms in total. The molecule has 166 valence electrons. The third kappa shape index (κ3) is 3.05. The molecule has 0 saturated carbocycles. The van der Waals surface area contributed by atoms with Gasteiger partial charge in [0, 0.05) is 35.7 Å². The van der Waals surface area contributed by atoms with Gasteiger partial charge in [0.25, 0.3) is 11.8 Å². The third-order valence-corrected chi connectivity index (χ3v) is 6.38. The summed E-state index contributed by atoms with van der Waals surface area (Å²) in [6, 6.07) is 23.7. The molecule has 2 aliphatic heterocycles. The van der Waals surface area contributed by atoms with Crippen LogP contribution in [0.15, 0.2) is 85.1 Å². The third-order valence-electron chi connectivity index (χ3n) is 6.38. The first-order chi connectivity index (χ1) is 16.6. The predicted molar refractivity (Wildman–Crippen MR) is 128 cm³/mol. The maximum Gasteiger partial charge on any atom is 0.260 e. The number of carbonyl (C=O) groups excluding carboxylic acids is 3. The largest absolute Gasteiger partial charge is 0.325 e. The Bertz CT molecular complexity index is 1480. The molecule has 0 bridgehead atoms. The Morgan fingerprint density at radius 2 is 1.65 bits per heavy atom. The predicted octanol–water partition coefficient (Wildman–Crippen LogP) is 4.38. The molecule has 0 fully saturated rings. The molecule has 4 aromatic rings. The summed E-state index contributed by atoms with van der Waals surface area (Å²) in [6.07, 6.45) is 1.23. The molecule has 3 amide bonds. The minimum atomic E-state index is -0.569. The number of para-hydroxylation sites is 1. The molecule has 3 aromatic carbocycles. The van der Waals surface area contributed by atoms with Crippen LogP contribution in [0.3, 0.4) is 0 Å². The van der Waals surface area contributed by atoms with Gasteiger partial charge in [0.1, 0.15) is 6.17 Å². The minimum Gasteiger partial charge on any atom is -0.325 e. The number of carbonyl (C=O) groups is 3. The highest BCUT2D eigenvalue weighted by Gasteiger charge is 2.47. The summed E-state index contributed by atoms with van der Waals surface area (Å²) in [6.45, 7) is 0.171. The highest BCUT2D eigenvalue weighted by molar-refractivity contribution is 6.16. The molecule has 0 aliphatic carbocycles. The number of aromatic nitrogens is 1. The van der Waals surface area contributed by atoms with E-state index in [0.29, 0.717) is 22.5 Å². The van der Waals surface area contributed by atoms with Crippen LogP contribution in [0, 0.1) is 0 Å². The first kappa shape index (κ1) is 20.1. The second kappa shape index (κ2) is 7.81. The van der Waals surface area contributed by atoms with Crippen molar-refractivity contribution in [2.24, 2.45) is 0 Å². The normalized spacial score (nSPS) is 16.3. The van der Waals surface area contributed by atoms with E-state index in [-0.39, 0.29) is 30.7 Å². The van der Waals surface area contributed by atoms with Crippen molar-refractivity contribution in [3.63, 3.8) is 0 Å². The minimum absolute atomic E-state index is 0.0885. The van der Waals surface area contributed by atoms with Crippen molar-refractivity contribution in [2.75, 3.05) is 16.8 Å². The Labute approximate surface area is 195 Å². The Balaban J connectivity index is 1.30. The molecule has 0 saturated heterocycles. The summed E-state index contributed by atoms with van der Waals surface area (Å²) in [7, 11) is 0. The summed E-state index contributed by atoms with van der Waals surface area (Å²) < 4.78 is 0. The maximum absolute atomic E-state index is 13.5. The first-order valence-electron chi connectivity index (χ1n) is 11.1. The van der Waals surface area contributed by atoms with Crippen molar-refractivity contribution in [1.29, 1.82) is 0 Å². The fraction of sp³-hybridized carbons (Fsp3) is 0.111. The van der Waals surface area contributed by atoms with Crippen LogP contribution in [0.4, 0.5) is 11.4 Å². The van der Waals surface area contributed by atoms with Gasteiger partial charge in [0.15, 0.2) is 0 Å². The van der Waals surface area contributed by atoms with Crippen LogP contribution in [-0.4, -0.2) is 34.2 Å². The van der Waals surface area contributed by atoms with Gasteiger partial charge in [-0.3, -0.25) is 24.3 Å². The lowest BCUT2D eigenvalue weighted by molar-refractivity contribution is -0.116. The molecule has 1 atom stereocenters. The van der Waals surface area contributed by atoms with Crippen molar-refractivity contribution in [1.82, 2.24) is 9.88 Å². The Morgan fingerprint density at radius 3 is 2.53 bits per heavy atom. The number of pyridine rings is 1. The number of anilines is 2. The van der Waals surface area contributed by atoms with Gasteiger partial charge in [-0.2, -0.15) is 0 Å². The van der Waals surface area contributed by atoms with Crippen molar-refractivity contribution in [2.45, 2.75) is 12.6 Å². The molecule has 6 rings (SSSR count). The summed E-state index contributed by atoms with van der Waals surface area (Å²) in [5.41, 5.74) is 3.88. The number of nitrogens with zero attached hydrogens (tertiary/aromatic N) is 3. The fourth-order valence-electron chi connectivity index (χ4n) is 4.85. The number of hydrogen-bond acceptors (Lipinski definition) is 4. The van der Waals surface area contributed by atoms with Crippen molar-refractivity contribution >= 4 is 40.0 Å². The summed E-state index contributed by atoms with van der Waals surface area (Å²) in [5, 5.41) is 3.80. The van der Waals surface area contributed by atoms with Crippen LogP contribution in [0.5, 0.6) is 0 Å². The summed E-state index contributed by atoms with van der Waals surface area (Å²) in [5.74, 6) is -0.547. The van der Waals surface area contributed by atoms with E-state index in [4.69, 9.17) is 0 Å². The van der Waals surface area contributed by atoms with Gasteiger partial charge >= 0.3 is 0 Å². The summed E-state index contributed by atoms with van der Waals surface area (Å²) in [4.78, 5) is 47.2. The van der Waals surface area contributed by atoms with Crippen LogP contribution in [0.25, 0.3) is 10.9 Å². The average Bonchev–Trinajstić information content (AvgIpc) is 3.17. The molecule has 3 heterocycles. The smallest absolute Gasteiger partial charge is 0.260 e. The molecule has 1 N–H and O–H groups in total. The number of hydrogen-bond donors (Lipinski definition) is 1. The van der Waals surface area contributed by atoms with Crippen molar-refractivity contribution in [3.8, 4) is 0 Å². The first-order valence-corrected chi connectivity index (χ1v) is 11.1. The van der Waals surface area contributed by atoms with Gasteiger partial charge in [0.2, 0.25) is 5.91 Å². The topological polar surface area (TPSA) is 82.6 Å². The van der Waals surface area contributed by atoms with E-state index < -0.39 is 6.17 Å². The molecular weight excluding hydrogens is 428 g/mol. The van der Waals surface area contributed by atoms with Gasteiger partial charge in [-0.25, -0.2) is 0 Å². The molecule has 34 heavy (non-hydrogen) atoms. The lowest BCUT2D eigenvalue weighted by Gasteiger charge is -2.40. The molecule has 7 heteroatoms. The Kier molecular flexibility index (Phi) is 4.62. The van der Waals surface area contributed by atoms with E-state index in [1.54, 1.807) is 40.3 Å². The molecule has 0 unspecified atom stereocenters. The monoisotopic (exact) mass is 448 g/mol. The van der Waals surface area contributed by atoms with Gasteiger partial charge in [-0.05, 0) is 42.5 Å². The molecule has 0 spiro atoms. The zero-order valence-corrected chi connectivity index (χ0v) is 18.1. The number of fused-ring (bicyclic) bond motifs is 6. The van der Waals surface area contributed by atoms with Crippen LogP contribution in [-0.2, 0) is 4.79 Å². The highest BCUT2D eigenvalue weighted by atomic mass is 16.2. The second-order valence-electron chi connectivity index (χ2n) is 8.33. The van der Waals surface area contributed by atoms with Gasteiger partial charge in [-0.15, -0.1) is 0 Å². The maximum atomic E-state index is 13.5. The molecular formula is C27H20N4O3. The molecule has 0 radical (unpaired) electrons. The second-order valence-corrected chi connectivity index (χ2v) is 8.33. The van der Waals surface area contributed by atoms with Gasteiger partial charge in [0.05, 0.1) is 22.5 Å². The van der Waals surface area contributed by atoms with Crippen LogP contribution in [0.2, 0.25) is 0 Å². The molecule has 1 aromatic heterocycles. The lowest BCUT2D eigenvalue weighted by Crippen LogP contribution is -2.49. The quantitative estimate of drug-likeness (QED) is 0.502. The van der Waals surface area contributed by atoms with E-state index >= 15 is 0 Å². The standard InChI is InChI=1S/C27H20N4O3/c32-24(29-22-12-5-11-21-19(22)10-6-15-28-21)14-16-30-25-17-7-1-2-8-18(17)27(34)31(25)23-13-4-3-9-20(23)26(30)33/h1-13,15,25H,14,16H2,(H,29,32)/t25-/m1/s1. The van der Waals surface area contributed by atoms with Gasteiger partial charge < -0.3 is 10.2 Å². The fourth-order valence-corrected chi connectivity index (χ4v) is 4.85.